The van der Waals surface area contributed by atoms with E-state index in [1.165, 1.54) is 30.2 Å². The molecule has 0 aliphatic rings. The Labute approximate surface area is 185 Å². The van der Waals surface area contributed by atoms with Gasteiger partial charge in [-0.3, -0.25) is 4.79 Å². The second-order valence-electron chi connectivity index (χ2n) is 7.63. The van der Waals surface area contributed by atoms with E-state index in [2.05, 4.69) is 23.8 Å². The van der Waals surface area contributed by atoms with Crippen LogP contribution in [0.25, 0.3) is 10.2 Å². The van der Waals surface area contributed by atoms with Gasteiger partial charge in [0.1, 0.15) is 4.83 Å². The number of aromatic amines is 1. The normalized spacial score (nSPS) is 13.3. The average molecular weight is 466 g/mol. The van der Waals surface area contributed by atoms with Gasteiger partial charge >= 0.3 is 0 Å². The van der Waals surface area contributed by atoms with Crippen molar-refractivity contribution >= 4 is 43.3 Å². The molecule has 30 heavy (non-hydrogen) atoms. The fourth-order valence-corrected chi connectivity index (χ4v) is 6.01. The topological polar surface area (TPSA) is 83.1 Å². The summed E-state index contributed by atoms with van der Waals surface area (Å²) in [6.07, 6.45) is 1.95. The number of hydrogen-bond acceptors (Lipinski definition) is 6. The molecule has 0 unspecified atom stereocenters. The van der Waals surface area contributed by atoms with E-state index < -0.39 is 10.0 Å². The Balaban J connectivity index is 1.85. The van der Waals surface area contributed by atoms with Gasteiger partial charge in [0.2, 0.25) is 10.0 Å². The lowest BCUT2D eigenvalue weighted by molar-refractivity contribution is 0.520. The summed E-state index contributed by atoms with van der Waals surface area (Å²) in [6.45, 7) is 6.40. The summed E-state index contributed by atoms with van der Waals surface area (Å²) in [4.78, 5) is 22.5. The summed E-state index contributed by atoms with van der Waals surface area (Å²) in [5, 5.41) is 1.26. The molecule has 0 fully saturated rings. The van der Waals surface area contributed by atoms with Crippen molar-refractivity contribution in [3.8, 4) is 0 Å². The molecule has 0 aliphatic heterocycles. The lowest BCUT2D eigenvalue weighted by atomic mass is 9.98. The molecule has 0 spiro atoms. The van der Waals surface area contributed by atoms with Gasteiger partial charge in [-0.05, 0) is 42.5 Å². The fourth-order valence-electron chi connectivity index (χ4n) is 3.12. The smallest absolute Gasteiger partial charge is 0.260 e. The van der Waals surface area contributed by atoms with Crippen LogP contribution in [-0.4, -0.2) is 36.8 Å². The molecular weight excluding hydrogens is 438 g/mol. The van der Waals surface area contributed by atoms with Gasteiger partial charge < -0.3 is 4.98 Å². The number of thioether (sulfide) groups is 1. The van der Waals surface area contributed by atoms with Gasteiger partial charge in [0.15, 0.2) is 5.16 Å². The van der Waals surface area contributed by atoms with E-state index in [0.29, 0.717) is 22.2 Å². The predicted molar refractivity (Wildman–Crippen MR) is 125 cm³/mol. The van der Waals surface area contributed by atoms with Gasteiger partial charge in [0.25, 0.3) is 5.56 Å². The molecule has 6 nitrogen and oxygen atoms in total. The maximum atomic E-state index is 12.8. The molecule has 1 N–H and O–H groups in total. The molecule has 2 heterocycles. The van der Waals surface area contributed by atoms with Crippen molar-refractivity contribution in [1.82, 2.24) is 14.3 Å². The van der Waals surface area contributed by atoms with E-state index in [0.717, 1.165) is 33.7 Å². The third kappa shape index (κ3) is 4.80. The van der Waals surface area contributed by atoms with Gasteiger partial charge in [-0.1, -0.05) is 44.2 Å². The highest BCUT2D eigenvalue weighted by Crippen LogP contribution is 2.31. The minimum Gasteiger partial charge on any atom is -0.301 e. The number of aryl methyl sites for hydroxylation is 1. The van der Waals surface area contributed by atoms with Crippen molar-refractivity contribution in [3.63, 3.8) is 0 Å². The van der Waals surface area contributed by atoms with Crippen molar-refractivity contribution in [1.29, 1.82) is 0 Å². The number of aromatic nitrogens is 2. The van der Waals surface area contributed by atoms with Gasteiger partial charge in [-0.15, -0.1) is 11.3 Å². The molecule has 2 aromatic heterocycles. The Kier molecular flexibility index (Phi) is 7.06. The van der Waals surface area contributed by atoms with Crippen LogP contribution in [0, 0.1) is 12.8 Å². The van der Waals surface area contributed by atoms with Crippen molar-refractivity contribution in [3.05, 3.63) is 50.6 Å². The quantitative estimate of drug-likeness (QED) is 0.393. The van der Waals surface area contributed by atoms with Crippen molar-refractivity contribution in [2.75, 3.05) is 14.1 Å². The molecule has 0 radical (unpaired) electrons. The van der Waals surface area contributed by atoms with E-state index in [9.17, 15) is 13.2 Å². The lowest BCUT2D eigenvalue weighted by Gasteiger charge is -2.12. The molecular formula is C21H27N3O3S3. The minimum atomic E-state index is -3.48. The van der Waals surface area contributed by atoms with E-state index in [1.54, 1.807) is 29.5 Å². The third-order valence-electron chi connectivity index (χ3n) is 5.14. The SMILES string of the molecule is CC[C@@H](C)Cc1c(C)sc2nc(SCc3cccc(S(=O)(=O)N(C)C)c3)[nH]c(=O)c12. The van der Waals surface area contributed by atoms with Gasteiger partial charge in [0, 0.05) is 24.7 Å². The minimum absolute atomic E-state index is 0.103. The van der Waals surface area contributed by atoms with Crippen LogP contribution in [0.2, 0.25) is 0 Å². The standard InChI is InChI=1S/C21H27N3O3S3/c1-6-13(2)10-17-14(3)29-20-18(17)19(25)22-21(23-20)28-12-15-8-7-9-16(11-15)30(26,27)24(4)5/h7-9,11,13H,6,10,12H2,1-5H3,(H,22,23,25)/t13-/m1/s1. The van der Waals surface area contributed by atoms with Crippen LogP contribution in [0.1, 0.15) is 36.3 Å². The van der Waals surface area contributed by atoms with E-state index >= 15 is 0 Å². The number of fused-ring (bicyclic) bond motifs is 1. The van der Waals surface area contributed by atoms with Crippen LogP contribution in [0.5, 0.6) is 0 Å². The molecule has 162 valence electrons. The number of nitrogens with zero attached hydrogens (tertiary/aromatic N) is 2. The molecule has 0 aliphatic carbocycles. The molecule has 3 rings (SSSR count). The molecule has 9 heteroatoms. The fraction of sp³-hybridized carbons (Fsp3) is 0.429. The highest BCUT2D eigenvalue weighted by atomic mass is 32.2. The molecule has 1 aromatic carbocycles. The number of nitrogens with one attached hydrogen (secondary N) is 1. The Morgan fingerprint density at radius 1 is 1.30 bits per heavy atom. The Morgan fingerprint density at radius 2 is 2.03 bits per heavy atom. The molecule has 0 amide bonds. The van der Waals surface area contributed by atoms with Gasteiger partial charge in [-0.25, -0.2) is 17.7 Å². The summed E-state index contributed by atoms with van der Waals surface area (Å²) in [5.74, 6) is 1.02. The first kappa shape index (κ1) is 23.0. The Bertz CT molecular complexity index is 1210. The first-order chi connectivity index (χ1) is 14.1. The van der Waals surface area contributed by atoms with Crippen molar-refractivity contribution < 1.29 is 8.42 Å². The molecule has 0 saturated heterocycles. The number of rotatable bonds is 8. The predicted octanol–water partition coefficient (Wildman–Crippen LogP) is 4.42. The van der Waals surface area contributed by atoms with Crippen molar-refractivity contribution in [2.45, 2.75) is 49.4 Å². The zero-order valence-corrected chi connectivity index (χ0v) is 20.3. The summed E-state index contributed by atoms with van der Waals surface area (Å²) in [6, 6.07) is 6.86. The van der Waals surface area contributed by atoms with Gasteiger partial charge in [0.05, 0.1) is 10.3 Å². The third-order valence-corrected chi connectivity index (χ3v) is 8.94. The number of benzene rings is 1. The average Bonchev–Trinajstić information content (AvgIpc) is 3.01. The van der Waals surface area contributed by atoms with Crippen LogP contribution < -0.4 is 5.56 Å². The second-order valence-corrected chi connectivity index (χ2v) is 11.9. The molecule has 3 aromatic rings. The van der Waals surface area contributed by atoms with Crippen LogP contribution >= 0.6 is 23.1 Å². The highest BCUT2D eigenvalue weighted by molar-refractivity contribution is 7.98. The first-order valence-electron chi connectivity index (χ1n) is 9.80. The van der Waals surface area contributed by atoms with Crippen LogP contribution in [0.3, 0.4) is 0 Å². The van der Waals surface area contributed by atoms with Crippen LogP contribution in [-0.2, 0) is 22.2 Å². The summed E-state index contributed by atoms with van der Waals surface area (Å²) in [5.41, 5.74) is 1.86. The maximum absolute atomic E-state index is 12.8. The zero-order chi connectivity index (χ0) is 22.1. The summed E-state index contributed by atoms with van der Waals surface area (Å²) < 4.78 is 25.9. The zero-order valence-electron chi connectivity index (χ0n) is 17.9. The number of thiophene rings is 1. The summed E-state index contributed by atoms with van der Waals surface area (Å²) in [7, 11) is -0.454. The van der Waals surface area contributed by atoms with E-state index in [4.69, 9.17) is 0 Å². The molecule has 0 bridgehead atoms. The largest absolute Gasteiger partial charge is 0.301 e. The maximum Gasteiger partial charge on any atom is 0.260 e. The lowest BCUT2D eigenvalue weighted by Crippen LogP contribution is -2.22. The van der Waals surface area contributed by atoms with E-state index in [1.807, 2.05) is 13.0 Å². The number of sulfonamides is 1. The number of H-pyrrole nitrogens is 1. The highest BCUT2D eigenvalue weighted by Gasteiger charge is 2.18. The molecule has 0 saturated carbocycles. The van der Waals surface area contributed by atoms with E-state index in [-0.39, 0.29) is 10.5 Å². The number of hydrogen-bond donors (Lipinski definition) is 1. The van der Waals surface area contributed by atoms with Crippen LogP contribution in [0.15, 0.2) is 39.1 Å². The Morgan fingerprint density at radius 3 is 2.70 bits per heavy atom. The summed E-state index contributed by atoms with van der Waals surface area (Å²) >= 11 is 2.96. The Hall–Kier alpha value is -1.68. The van der Waals surface area contributed by atoms with Gasteiger partial charge in [-0.2, -0.15) is 0 Å². The van der Waals surface area contributed by atoms with Crippen LogP contribution in [0.4, 0.5) is 0 Å². The monoisotopic (exact) mass is 465 g/mol. The molecule has 1 atom stereocenters. The first-order valence-corrected chi connectivity index (χ1v) is 13.0. The van der Waals surface area contributed by atoms with Crippen molar-refractivity contribution in [2.24, 2.45) is 5.92 Å². The second kappa shape index (κ2) is 9.21.